The second kappa shape index (κ2) is 5.52. The van der Waals surface area contributed by atoms with E-state index in [4.69, 9.17) is 5.11 Å². The summed E-state index contributed by atoms with van der Waals surface area (Å²) in [6.07, 6.45) is 7.76. The topological polar surface area (TPSA) is 57.6 Å². The summed E-state index contributed by atoms with van der Waals surface area (Å²) < 4.78 is 0. The Morgan fingerprint density at radius 2 is 1.71 bits per heavy atom. The van der Waals surface area contributed by atoms with Crippen LogP contribution in [0.25, 0.3) is 0 Å². The molecule has 1 amide bonds. The lowest BCUT2D eigenvalue weighted by Gasteiger charge is -2.33. The summed E-state index contributed by atoms with van der Waals surface area (Å²) in [5, 5.41) is 9.12. The van der Waals surface area contributed by atoms with E-state index in [-0.39, 0.29) is 5.91 Å². The van der Waals surface area contributed by atoms with Gasteiger partial charge in [0.2, 0.25) is 5.91 Å². The van der Waals surface area contributed by atoms with Gasteiger partial charge in [-0.25, -0.2) is 4.79 Å². The van der Waals surface area contributed by atoms with Gasteiger partial charge in [0, 0.05) is 13.0 Å². The first-order valence-corrected chi connectivity index (χ1v) is 6.71. The Balaban J connectivity index is 1.93. The number of hydrogen-bond acceptors (Lipinski definition) is 2. The molecule has 0 unspecified atom stereocenters. The van der Waals surface area contributed by atoms with Gasteiger partial charge in [-0.05, 0) is 38.0 Å². The Bertz CT molecular complexity index is 297. The highest BCUT2D eigenvalue weighted by Crippen LogP contribution is 2.29. The largest absolute Gasteiger partial charge is 0.480 e. The Hall–Kier alpha value is -1.06. The third kappa shape index (κ3) is 2.99. The first-order valence-electron chi connectivity index (χ1n) is 6.71. The lowest BCUT2D eigenvalue weighted by molar-refractivity contribution is -0.152. The van der Waals surface area contributed by atoms with Gasteiger partial charge in [0.1, 0.15) is 6.04 Å². The van der Waals surface area contributed by atoms with Gasteiger partial charge in [-0.15, -0.1) is 0 Å². The summed E-state index contributed by atoms with van der Waals surface area (Å²) in [5.41, 5.74) is 0. The van der Waals surface area contributed by atoms with E-state index in [0.29, 0.717) is 25.3 Å². The monoisotopic (exact) mass is 239 g/mol. The third-order valence-electron chi connectivity index (χ3n) is 4.05. The highest BCUT2D eigenvalue weighted by atomic mass is 16.4. The predicted molar refractivity (Wildman–Crippen MR) is 63.6 cm³/mol. The number of carboxylic acids is 1. The Morgan fingerprint density at radius 1 is 1.06 bits per heavy atom. The van der Waals surface area contributed by atoms with E-state index in [9.17, 15) is 9.59 Å². The highest BCUT2D eigenvalue weighted by Gasteiger charge is 2.33. The van der Waals surface area contributed by atoms with Crippen LogP contribution in [0.2, 0.25) is 0 Å². The lowest BCUT2D eigenvalue weighted by atomic mass is 9.98. The van der Waals surface area contributed by atoms with Crippen molar-refractivity contribution in [3.8, 4) is 0 Å². The van der Waals surface area contributed by atoms with E-state index >= 15 is 0 Å². The van der Waals surface area contributed by atoms with Gasteiger partial charge < -0.3 is 10.0 Å². The van der Waals surface area contributed by atoms with Crippen molar-refractivity contribution in [2.45, 2.75) is 57.4 Å². The second-order valence-corrected chi connectivity index (χ2v) is 5.29. The number of carbonyl (C=O) groups excluding carboxylic acids is 1. The fourth-order valence-corrected chi connectivity index (χ4v) is 3.07. The molecule has 0 aromatic carbocycles. The maximum Gasteiger partial charge on any atom is 0.326 e. The van der Waals surface area contributed by atoms with Crippen molar-refractivity contribution in [1.29, 1.82) is 0 Å². The quantitative estimate of drug-likeness (QED) is 0.819. The van der Waals surface area contributed by atoms with Gasteiger partial charge in [0.25, 0.3) is 0 Å². The summed E-state index contributed by atoms with van der Waals surface area (Å²) in [5.74, 6) is -0.285. The van der Waals surface area contributed by atoms with E-state index in [1.165, 1.54) is 12.8 Å². The molecule has 1 aliphatic carbocycles. The standard InChI is InChI=1S/C13H21NO3/c15-12(9-10-5-1-2-6-10)14-8-4-3-7-11(14)13(16)17/h10-11H,1-9H2,(H,16,17)/t11-/m1/s1. The van der Waals surface area contributed by atoms with Gasteiger partial charge in [0.15, 0.2) is 0 Å². The van der Waals surface area contributed by atoms with E-state index in [1.54, 1.807) is 4.90 Å². The van der Waals surface area contributed by atoms with Crippen molar-refractivity contribution in [2.75, 3.05) is 6.54 Å². The van der Waals surface area contributed by atoms with Crippen LogP contribution in [0.1, 0.15) is 51.4 Å². The van der Waals surface area contributed by atoms with Crippen LogP contribution >= 0.6 is 0 Å². The molecule has 0 bridgehead atoms. The van der Waals surface area contributed by atoms with Crippen LogP contribution in [0.15, 0.2) is 0 Å². The number of aliphatic carboxylic acids is 1. The lowest BCUT2D eigenvalue weighted by Crippen LogP contribution is -2.48. The highest BCUT2D eigenvalue weighted by molar-refractivity contribution is 5.84. The van der Waals surface area contributed by atoms with Gasteiger partial charge in [0.05, 0.1) is 0 Å². The van der Waals surface area contributed by atoms with Gasteiger partial charge >= 0.3 is 5.97 Å². The molecule has 0 radical (unpaired) electrons. The number of carboxylic acid groups (broad SMARTS) is 1. The van der Waals surface area contributed by atoms with Crippen LogP contribution in [0.5, 0.6) is 0 Å². The van der Waals surface area contributed by atoms with Crippen LogP contribution in [-0.4, -0.2) is 34.5 Å². The molecule has 1 aliphatic heterocycles. The molecule has 1 saturated heterocycles. The molecule has 2 rings (SSSR count). The zero-order chi connectivity index (χ0) is 12.3. The van der Waals surface area contributed by atoms with E-state index in [0.717, 1.165) is 25.7 Å². The van der Waals surface area contributed by atoms with E-state index < -0.39 is 12.0 Å². The summed E-state index contributed by atoms with van der Waals surface area (Å²) in [4.78, 5) is 24.8. The van der Waals surface area contributed by atoms with Crippen LogP contribution in [0.4, 0.5) is 0 Å². The van der Waals surface area contributed by atoms with Crippen molar-refractivity contribution in [2.24, 2.45) is 5.92 Å². The molecule has 4 heteroatoms. The number of hydrogen-bond donors (Lipinski definition) is 1. The number of piperidine rings is 1. The van der Waals surface area contributed by atoms with Gasteiger partial charge in [-0.2, -0.15) is 0 Å². The minimum atomic E-state index is -0.843. The summed E-state index contributed by atoms with van der Waals surface area (Å²) in [6.45, 7) is 0.628. The molecule has 1 atom stereocenters. The predicted octanol–water partition coefficient (Wildman–Crippen LogP) is 2.03. The Kier molecular flexibility index (Phi) is 4.02. The smallest absolute Gasteiger partial charge is 0.326 e. The molecular formula is C13H21NO3. The molecule has 17 heavy (non-hydrogen) atoms. The maximum atomic E-state index is 12.1. The number of likely N-dealkylation sites (tertiary alicyclic amines) is 1. The first-order chi connectivity index (χ1) is 8.18. The molecule has 1 heterocycles. The fraction of sp³-hybridized carbons (Fsp3) is 0.846. The summed E-state index contributed by atoms with van der Waals surface area (Å²) >= 11 is 0. The second-order valence-electron chi connectivity index (χ2n) is 5.29. The summed E-state index contributed by atoms with van der Waals surface area (Å²) in [7, 11) is 0. The van der Waals surface area contributed by atoms with Gasteiger partial charge in [-0.3, -0.25) is 4.79 Å². The average molecular weight is 239 g/mol. The molecule has 1 saturated carbocycles. The third-order valence-corrected chi connectivity index (χ3v) is 4.05. The molecule has 0 aromatic heterocycles. The molecule has 0 spiro atoms. The van der Waals surface area contributed by atoms with E-state index in [2.05, 4.69) is 0 Å². The number of amides is 1. The van der Waals surface area contributed by atoms with Crippen molar-refractivity contribution < 1.29 is 14.7 Å². The zero-order valence-corrected chi connectivity index (χ0v) is 10.2. The number of rotatable bonds is 3. The molecule has 2 fully saturated rings. The zero-order valence-electron chi connectivity index (χ0n) is 10.2. The molecule has 0 aromatic rings. The minimum Gasteiger partial charge on any atom is -0.480 e. The van der Waals surface area contributed by atoms with Crippen LogP contribution in [-0.2, 0) is 9.59 Å². The average Bonchev–Trinajstić information content (AvgIpc) is 2.81. The maximum absolute atomic E-state index is 12.1. The number of nitrogens with zero attached hydrogens (tertiary/aromatic N) is 1. The molecular weight excluding hydrogens is 218 g/mol. The van der Waals surface area contributed by atoms with Crippen molar-refractivity contribution in [1.82, 2.24) is 4.90 Å². The van der Waals surface area contributed by atoms with Crippen LogP contribution < -0.4 is 0 Å². The minimum absolute atomic E-state index is 0.0593. The summed E-state index contributed by atoms with van der Waals surface area (Å²) in [6, 6.07) is -0.572. The molecule has 96 valence electrons. The number of carbonyl (C=O) groups is 2. The molecule has 4 nitrogen and oxygen atoms in total. The normalized spacial score (nSPS) is 26.1. The SMILES string of the molecule is O=C(O)[C@H]1CCCCN1C(=O)CC1CCCC1. The fourth-order valence-electron chi connectivity index (χ4n) is 3.07. The molecule has 2 aliphatic rings. The van der Waals surface area contributed by atoms with Gasteiger partial charge in [-0.1, -0.05) is 12.8 Å². The van der Waals surface area contributed by atoms with E-state index in [1.807, 2.05) is 0 Å². The molecule has 1 N–H and O–H groups in total. The Morgan fingerprint density at radius 3 is 2.35 bits per heavy atom. The van der Waals surface area contributed by atoms with Crippen molar-refractivity contribution in [3.05, 3.63) is 0 Å². The van der Waals surface area contributed by atoms with Crippen molar-refractivity contribution in [3.63, 3.8) is 0 Å². The van der Waals surface area contributed by atoms with Crippen LogP contribution in [0, 0.1) is 5.92 Å². The van der Waals surface area contributed by atoms with Crippen molar-refractivity contribution >= 4 is 11.9 Å². The Labute approximate surface area is 102 Å². The first kappa shape index (κ1) is 12.4. The van der Waals surface area contributed by atoms with Crippen LogP contribution in [0.3, 0.4) is 0 Å².